The Kier molecular flexibility index (Phi) is 6.85. The predicted molar refractivity (Wildman–Crippen MR) is 98.7 cm³/mol. The summed E-state index contributed by atoms with van der Waals surface area (Å²) in [5.74, 6) is 1.32. The number of hydrogen-bond donors (Lipinski definition) is 0. The standard InChI is InChI=1S/C20H30N2O3/c1-5-19(23)21-11-6-12-22(14-13-21)20(24)16(4)25-18-9-7-17(8-10-18)15(2)3/h7-10,15-16H,5-6,11-14H2,1-4H3. The number of ether oxygens (including phenoxy) is 1. The molecule has 5 heteroatoms. The minimum Gasteiger partial charge on any atom is -0.481 e. The van der Waals surface area contributed by atoms with Crippen LogP contribution in [0.5, 0.6) is 5.75 Å². The molecule has 1 atom stereocenters. The van der Waals surface area contributed by atoms with Gasteiger partial charge < -0.3 is 14.5 Å². The second-order valence-corrected chi connectivity index (χ2v) is 6.90. The summed E-state index contributed by atoms with van der Waals surface area (Å²) < 4.78 is 5.83. The highest BCUT2D eigenvalue weighted by atomic mass is 16.5. The Morgan fingerprint density at radius 1 is 1.00 bits per heavy atom. The lowest BCUT2D eigenvalue weighted by Gasteiger charge is -2.25. The van der Waals surface area contributed by atoms with Crippen molar-refractivity contribution in [2.75, 3.05) is 26.2 Å². The summed E-state index contributed by atoms with van der Waals surface area (Å²) in [5, 5.41) is 0. The molecule has 0 aliphatic carbocycles. The molecule has 0 aromatic heterocycles. The van der Waals surface area contributed by atoms with E-state index in [0.29, 0.717) is 37.7 Å². The Hall–Kier alpha value is -2.04. The van der Waals surface area contributed by atoms with Crippen LogP contribution in [0.1, 0.15) is 52.0 Å². The number of amides is 2. The van der Waals surface area contributed by atoms with Crippen LogP contribution in [-0.2, 0) is 9.59 Å². The first-order chi connectivity index (χ1) is 11.9. The van der Waals surface area contributed by atoms with Crippen molar-refractivity contribution in [3.63, 3.8) is 0 Å². The minimum absolute atomic E-state index is 0.0151. The maximum absolute atomic E-state index is 12.7. The van der Waals surface area contributed by atoms with Crippen molar-refractivity contribution in [1.29, 1.82) is 0 Å². The van der Waals surface area contributed by atoms with Crippen molar-refractivity contribution < 1.29 is 14.3 Å². The summed E-state index contributed by atoms with van der Waals surface area (Å²) in [5.41, 5.74) is 1.25. The summed E-state index contributed by atoms with van der Waals surface area (Å²) in [6.45, 7) is 10.5. The first-order valence-electron chi connectivity index (χ1n) is 9.25. The lowest BCUT2D eigenvalue weighted by molar-refractivity contribution is -0.138. The monoisotopic (exact) mass is 346 g/mol. The predicted octanol–water partition coefficient (Wildman–Crippen LogP) is 3.05. The van der Waals surface area contributed by atoms with Gasteiger partial charge in [0.15, 0.2) is 6.10 Å². The Labute approximate surface area is 150 Å². The van der Waals surface area contributed by atoms with E-state index in [2.05, 4.69) is 13.8 Å². The fourth-order valence-corrected chi connectivity index (χ4v) is 3.05. The van der Waals surface area contributed by atoms with Crippen LogP contribution in [0.15, 0.2) is 24.3 Å². The number of benzene rings is 1. The first-order valence-corrected chi connectivity index (χ1v) is 9.25. The molecule has 0 radical (unpaired) electrons. The summed E-state index contributed by atoms with van der Waals surface area (Å²) in [6, 6.07) is 7.92. The van der Waals surface area contributed by atoms with E-state index in [0.717, 1.165) is 13.0 Å². The molecule has 0 spiro atoms. The molecule has 25 heavy (non-hydrogen) atoms. The zero-order chi connectivity index (χ0) is 18.4. The second kappa shape index (κ2) is 8.88. The van der Waals surface area contributed by atoms with Crippen molar-refractivity contribution in [3.8, 4) is 5.75 Å². The first kappa shape index (κ1) is 19.3. The highest BCUT2D eigenvalue weighted by molar-refractivity contribution is 5.81. The fourth-order valence-electron chi connectivity index (χ4n) is 3.05. The molecule has 0 saturated carbocycles. The van der Waals surface area contributed by atoms with E-state index in [1.54, 1.807) is 6.92 Å². The van der Waals surface area contributed by atoms with Gasteiger partial charge in [0.2, 0.25) is 5.91 Å². The molecule has 1 saturated heterocycles. The molecule has 1 heterocycles. The van der Waals surface area contributed by atoms with Crippen LogP contribution in [0.3, 0.4) is 0 Å². The number of carbonyl (C=O) groups is 2. The van der Waals surface area contributed by atoms with Crippen LogP contribution in [0.2, 0.25) is 0 Å². The van der Waals surface area contributed by atoms with Gasteiger partial charge in [-0.15, -0.1) is 0 Å². The largest absolute Gasteiger partial charge is 0.481 e. The zero-order valence-corrected chi connectivity index (χ0v) is 15.8. The van der Waals surface area contributed by atoms with Gasteiger partial charge in [-0.05, 0) is 37.0 Å². The molecule has 0 N–H and O–H groups in total. The summed E-state index contributed by atoms with van der Waals surface area (Å²) in [7, 11) is 0. The van der Waals surface area contributed by atoms with Crippen LogP contribution < -0.4 is 4.74 Å². The molecule has 1 aromatic carbocycles. The maximum Gasteiger partial charge on any atom is 0.263 e. The van der Waals surface area contributed by atoms with Gasteiger partial charge in [-0.3, -0.25) is 9.59 Å². The lowest BCUT2D eigenvalue weighted by Crippen LogP contribution is -2.43. The summed E-state index contributed by atoms with van der Waals surface area (Å²) >= 11 is 0. The SMILES string of the molecule is CCC(=O)N1CCCN(C(=O)C(C)Oc2ccc(C(C)C)cc2)CC1. The molecule has 1 aliphatic heterocycles. The van der Waals surface area contributed by atoms with E-state index in [1.165, 1.54) is 5.56 Å². The van der Waals surface area contributed by atoms with Crippen molar-refractivity contribution in [3.05, 3.63) is 29.8 Å². The van der Waals surface area contributed by atoms with Crippen LogP contribution in [0.25, 0.3) is 0 Å². The van der Waals surface area contributed by atoms with E-state index >= 15 is 0 Å². The Morgan fingerprint density at radius 3 is 2.20 bits per heavy atom. The van der Waals surface area contributed by atoms with Crippen LogP contribution in [-0.4, -0.2) is 53.9 Å². The molecule has 2 rings (SSSR count). The Morgan fingerprint density at radius 2 is 1.60 bits per heavy atom. The quantitative estimate of drug-likeness (QED) is 0.823. The minimum atomic E-state index is -0.529. The second-order valence-electron chi connectivity index (χ2n) is 6.90. The van der Waals surface area contributed by atoms with Gasteiger partial charge in [0, 0.05) is 32.6 Å². The fraction of sp³-hybridized carbons (Fsp3) is 0.600. The normalized spacial score (nSPS) is 16.5. The number of hydrogen-bond acceptors (Lipinski definition) is 3. The van der Waals surface area contributed by atoms with Gasteiger partial charge in [-0.2, -0.15) is 0 Å². The van der Waals surface area contributed by atoms with Gasteiger partial charge >= 0.3 is 0 Å². The Bertz CT molecular complexity index is 583. The van der Waals surface area contributed by atoms with E-state index in [4.69, 9.17) is 4.74 Å². The molecular weight excluding hydrogens is 316 g/mol. The number of nitrogens with zero attached hydrogens (tertiary/aromatic N) is 2. The highest BCUT2D eigenvalue weighted by Crippen LogP contribution is 2.20. The lowest BCUT2D eigenvalue weighted by atomic mass is 10.0. The third kappa shape index (κ3) is 5.21. The van der Waals surface area contributed by atoms with Gasteiger partial charge in [0.25, 0.3) is 5.91 Å². The molecule has 1 unspecified atom stereocenters. The zero-order valence-electron chi connectivity index (χ0n) is 15.8. The summed E-state index contributed by atoms with van der Waals surface area (Å²) in [6.07, 6.45) is 0.797. The molecule has 2 amide bonds. The van der Waals surface area contributed by atoms with E-state index < -0.39 is 6.10 Å². The van der Waals surface area contributed by atoms with E-state index in [9.17, 15) is 9.59 Å². The highest BCUT2D eigenvalue weighted by Gasteiger charge is 2.25. The molecular formula is C20H30N2O3. The molecule has 1 aliphatic rings. The number of carbonyl (C=O) groups excluding carboxylic acids is 2. The van der Waals surface area contributed by atoms with Crippen LogP contribution in [0.4, 0.5) is 0 Å². The van der Waals surface area contributed by atoms with E-state index in [1.807, 2.05) is 41.0 Å². The van der Waals surface area contributed by atoms with Crippen molar-refractivity contribution >= 4 is 11.8 Å². The van der Waals surface area contributed by atoms with Gasteiger partial charge in [-0.25, -0.2) is 0 Å². The van der Waals surface area contributed by atoms with Crippen molar-refractivity contribution in [1.82, 2.24) is 9.80 Å². The van der Waals surface area contributed by atoms with Gasteiger partial charge in [0.05, 0.1) is 0 Å². The third-order valence-corrected chi connectivity index (χ3v) is 4.67. The molecule has 1 fully saturated rings. The average Bonchev–Trinajstić information content (AvgIpc) is 2.87. The van der Waals surface area contributed by atoms with Crippen molar-refractivity contribution in [2.24, 2.45) is 0 Å². The number of rotatable bonds is 5. The average molecular weight is 346 g/mol. The van der Waals surface area contributed by atoms with Crippen LogP contribution >= 0.6 is 0 Å². The third-order valence-electron chi connectivity index (χ3n) is 4.67. The smallest absolute Gasteiger partial charge is 0.263 e. The Balaban J connectivity index is 1.91. The topological polar surface area (TPSA) is 49.9 Å². The van der Waals surface area contributed by atoms with Crippen LogP contribution in [0, 0.1) is 0 Å². The summed E-state index contributed by atoms with van der Waals surface area (Å²) in [4.78, 5) is 28.2. The maximum atomic E-state index is 12.7. The van der Waals surface area contributed by atoms with Crippen molar-refractivity contribution in [2.45, 2.75) is 52.6 Å². The molecule has 0 bridgehead atoms. The molecule has 1 aromatic rings. The molecule has 5 nitrogen and oxygen atoms in total. The van der Waals surface area contributed by atoms with Gasteiger partial charge in [0.1, 0.15) is 5.75 Å². The molecule has 138 valence electrons. The van der Waals surface area contributed by atoms with E-state index in [-0.39, 0.29) is 11.8 Å². The van der Waals surface area contributed by atoms with Gasteiger partial charge in [-0.1, -0.05) is 32.9 Å².